The Bertz CT molecular complexity index is 638. The van der Waals surface area contributed by atoms with Gasteiger partial charge in [0, 0.05) is 38.7 Å². The van der Waals surface area contributed by atoms with Gasteiger partial charge >= 0.3 is 0 Å². The highest BCUT2D eigenvalue weighted by molar-refractivity contribution is 14.1. The van der Waals surface area contributed by atoms with Crippen LogP contribution >= 0.6 is 22.6 Å². The van der Waals surface area contributed by atoms with Gasteiger partial charge in [-0.05, 0) is 40.8 Å². The van der Waals surface area contributed by atoms with E-state index in [1.54, 1.807) is 19.2 Å². The molecular formula is C14H15IN2O4. The molecule has 1 aromatic carbocycles. The normalized spacial score (nSPS) is 17.8. The maximum Gasteiger partial charge on any atom is 0.258 e. The van der Waals surface area contributed by atoms with E-state index in [1.165, 1.54) is 0 Å². The number of ether oxygens (including phenoxy) is 2. The number of nitrogens with zero attached hydrogens (tertiary/aromatic N) is 2. The standard InChI is InChI=1S/C14H15IN2O4/c1-19-14(4-6-20-7-5-14)13-16-12(21-17-13)9-2-3-10(15)11(18)8-9/h2-3,8,18H,4-7H2,1H3. The molecule has 1 fully saturated rings. The fourth-order valence-corrected chi connectivity index (χ4v) is 2.73. The summed E-state index contributed by atoms with van der Waals surface area (Å²) < 4.78 is 17.1. The molecule has 2 heterocycles. The fourth-order valence-electron chi connectivity index (χ4n) is 2.39. The van der Waals surface area contributed by atoms with Gasteiger partial charge in [0.25, 0.3) is 5.89 Å². The Morgan fingerprint density at radius 1 is 1.33 bits per heavy atom. The zero-order chi connectivity index (χ0) is 14.9. The lowest BCUT2D eigenvalue weighted by Crippen LogP contribution is -2.36. The Morgan fingerprint density at radius 2 is 2.10 bits per heavy atom. The van der Waals surface area contributed by atoms with Crippen LogP contribution in [0.2, 0.25) is 0 Å². The fraction of sp³-hybridized carbons (Fsp3) is 0.429. The van der Waals surface area contributed by atoms with Gasteiger partial charge < -0.3 is 19.1 Å². The summed E-state index contributed by atoms with van der Waals surface area (Å²) in [5.41, 5.74) is 0.135. The Labute approximate surface area is 135 Å². The first kappa shape index (κ1) is 14.7. The van der Waals surface area contributed by atoms with E-state index in [2.05, 4.69) is 32.7 Å². The van der Waals surface area contributed by atoms with E-state index in [9.17, 15) is 5.11 Å². The summed E-state index contributed by atoms with van der Waals surface area (Å²) in [6.45, 7) is 1.23. The maximum absolute atomic E-state index is 9.78. The van der Waals surface area contributed by atoms with E-state index in [-0.39, 0.29) is 5.75 Å². The average Bonchev–Trinajstić information content (AvgIpc) is 3.01. The molecule has 0 atom stereocenters. The summed E-state index contributed by atoms with van der Waals surface area (Å²) >= 11 is 2.06. The van der Waals surface area contributed by atoms with Crippen molar-refractivity contribution in [3.8, 4) is 17.2 Å². The van der Waals surface area contributed by atoms with Crippen molar-refractivity contribution in [2.75, 3.05) is 20.3 Å². The van der Waals surface area contributed by atoms with Gasteiger partial charge in [-0.2, -0.15) is 4.98 Å². The summed E-state index contributed by atoms with van der Waals surface area (Å²) in [6.07, 6.45) is 1.39. The number of phenolic OH excluding ortho intramolecular Hbond substituents is 1. The van der Waals surface area contributed by atoms with E-state index < -0.39 is 5.60 Å². The molecule has 0 aliphatic carbocycles. The predicted octanol–water partition coefficient (Wildman–Crippen LogP) is 2.70. The van der Waals surface area contributed by atoms with Crippen molar-refractivity contribution in [2.24, 2.45) is 0 Å². The van der Waals surface area contributed by atoms with Crippen LogP contribution in [-0.2, 0) is 15.1 Å². The summed E-state index contributed by atoms with van der Waals surface area (Å²) in [6, 6.07) is 5.25. The molecular weight excluding hydrogens is 387 g/mol. The molecule has 0 unspecified atom stereocenters. The molecule has 0 saturated carbocycles. The van der Waals surface area contributed by atoms with Crippen LogP contribution in [0.5, 0.6) is 5.75 Å². The van der Waals surface area contributed by atoms with E-state index in [1.807, 2.05) is 6.07 Å². The van der Waals surface area contributed by atoms with Crippen molar-refractivity contribution in [1.29, 1.82) is 0 Å². The number of hydrogen-bond donors (Lipinski definition) is 1. The van der Waals surface area contributed by atoms with Gasteiger partial charge in [0.2, 0.25) is 5.82 Å². The number of halogens is 1. The average molecular weight is 402 g/mol. The first-order valence-electron chi connectivity index (χ1n) is 6.60. The first-order chi connectivity index (χ1) is 10.1. The minimum Gasteiger partial charge on any atom is -0.507 e. The molecule has 0 radical (unpaired) electrons. The van der Waals surface area contributed by atoms with E-state index in [4.69, 9.17) is 14.0 Å². The van der Waals surface area contributed by atoms with Crippen molar-refractivity contribution < 1.29 is 19.1 Å². The monoisotopic (exact) mass is 402 g/mol. The SMILES string of the molecule is COC1(c2noc(-c3ccc(I)c(O)c3)n2)CCOCC1. The molecule has 21 heavy (non-hydrogen) atoms. The molecule has 1 saturated heterocycles. The third-order valence-electron chi connectivity index (χ3n) is 3.72. The minimum absolute atomic E-state index is 0.195. The highest BCUT2D eigenvalue weighted by Crippen LogP contribution is 2.35. The zero-order valence-electron chi connectivity index (χ0n) is 11.5. The predicted molar refractivity (Wildman–Crippen MR) is 82.9 cm³/mol. The summed E-state index contributed by atoms with van der Waals surface area (Å²) in [5.74, 6) is 1.10. The van der Waals surface area contributed by atoms with E-state index in [0.29, 0.717) is 43.3 Å². The van der Waals surface area contributed by atoms with Gasteiger partial charge in [0.05, 0.1) is 3.57 Å². The number of rotatable bonds is 3. The van der Waals surface area contributed by atoms with Gasteiger partial charge in [0.15, 0.2) is 0 Å². The van der Waals surface area contributed by atoms with Crippen LogP contribution in [0, 0.1) is 3.57 Å². The molecule has 0 spiro atoms. The van der Waals surface area contributed by atoms with Crippen LogP contribution in [0.15, 0.2) is 22.7 Å². The van der Waals surface area contributed by atoms with Crippen LogP contribution in [0.4, 0.5) is 0 Å². The minimum atomic E-state index is -0.550. The van der Waals surface area contributed by atoms with Gasteiger partial charge in [-0.15, -0.1) is 0 Å². The van der Waals surface area contributed by atoms with Gasteiger partial charge in [-0.3, -0.25) is 0 Å². The molecule has 1 aliphatic rings. The summed E-state index contributed by atoms with van der Waals surface area (Å²) in [5, 5.41) is 13.8. The molecule has 1 aliphatic heterocycles. The molecule has 0 amide bonds. The summed E-state index contributed by atoms with van der Waals surface area (Å²) in [7, 11) is 1.65. The zero-order valence-corrected chi connectivity index (χ0v) is 13.7. The van der Waals surface area contributed by atoms with E-state index in [0.717, 1.165) is 3.57 Å². The summed E-state index contributed by atoms with van der Waals surface area (Å²) in [4.78, 5) is 4.45. The number of aromatic hydroxyl groups is 1. The number of hydrogen-bond acceptors (Lipinski definition) is 6. The molecule has 3 rings (SSSR count). The molecule has 2 aromatic rings. The molecule has 6 nitrogen and oxygen atoms in total. The van der Waals surface area contributed by atoms with Crippen molar-refractivity contribution >= 4 is 22.6 Å². The lowest BCUT2D eigenvalue weighted by molar-refractivity contribution is -0.101. The van der Waals surface area contributed by atoms with Gasteiger partial charge in [0.1, 0.15) is 11.4 Å². The Morgan fingerprint density at radius 3 is 2.76 bits per heavy atom. The second-order valence-electron chi connectivity index (χ2n) is 4.90. The Kier molecular flexibility index (Phi) is 4.14. The largest absolute Gasteiger partial charge is 0.507 e. The molecule has 0 bridgehead atoms. The third-order valence-corrected chi connectivity index (χ3v) is 4.63. The number of aromatic nitrogens is 2. The van der Waals surface area contributed by atoms with Crippen LogP contribution in [0.1, 0.15) is 18.7 Å². The van der Waals surface area contributed by atoms with Crippen LogP contribution in [0.25, 0.3) is 11.5 Å². The molecule has 112 valence electrons. The molecule has 7 heteroatoms. The van der Waals surface area contributed by atoms with Crippen molar-refractivity contribution in [3.05, 3.63) is 27.6 Å². The van der Waals surface area contributed by atoms with Crippen LogP contribution in [-0.4, -0.2) is 35.6 Å². The highest BCUT2D eigenvalue weighted by atomic mass is 127. The van der Waals surface area contributed by atoms with Crippen molar-refractivity contribution in [2.45, 2.75) is 18.4 Å². The lowest BCUT2D eigenvalue weighted by Gasteiger charge is -2.32. The van der Waals surface area contributed by atoms with Gasteiger partial charge in [-0.1, -0.05) is 5.16 Å². The number of benzene rings is 1. The molecule has 1 aromatic heterocycles. The number of phenols is 1. The van der Waals surface area contributed by atoms with Crippen LogP contribution < -0.4 is 0 Å². The van der Waals surface area contributed by atoms with Gasteiger partial charge in [-0.25, -0.2) is 0 Å². The lowest BCUT2D eigenvalue weighted by atomic mass is 9.93. The second kappa shape index (κ2) is 5.90. The molecule has 1 N–H and O–H groups in total. The maximum atomic E-state index is 9.78. The first-order valence-corrected chi connectivity index (χ1v) is 7.68. The Balaban J connectivity index is 1.93. The topological polar surface area (TPSA) is 77.6 Å². The second-order valence-corrected chi connectivity index (χ2v) is 6.06. The quantitative estimate of drug-likeness (QED) is 0.796. The van der Waals surface area contributed by atoms with Crippen molar-refractivity contribution in [1.82, 2.24) is 10.1 Å². The number of methoxy groups -OCH3 is 1. The highest BCUT2D eigenvalue weighted by Gasteiger charge is 2.39. The Hall–Kier alpha value is -1.19. The third kappa shape index (κ3) is 2.77. The van der Waals surface area contributed by atoms with E-state index >= 15 is 0 Å². The van der Waals surface area contributed by atoms with Crippen LogP contribution in [0.3, 0.4) is 0 Å². The smallest absolute Gasteiger partial charge is 0.258 e. The van der Waals surface area contributed by atoms with Crippen molar-refractivity contribution in [3.63, 3.8) is 0 Å².